The van der Waals surface area contributed by atoms with Crippen molar-refractivity contribution in [2.45, 2.75) is 58.0 Å². The highest BCUT2D eigenvalue weighted by atomic mass is 127. The average molecular weight is 551 g/mol. The zero-order valence-corrected chi connectivity index (χ0v) is 21.1. The van der Waals surface area contributed by atoms with E-state index in [1.54, 1.807) is 6.26 Å². The Balaban J connectivity index is 0.00000289. The number of aliphatic imine (C=N–C) groups is 1. The second-order valence-corrected chi connectivity index (χ2v) is 8.45. The van der Waals surface area contributed by atoms with Gasteiger partial charge >= 0.3 is 0 Å². The number of nitrogens with zero attached hydrogens (tertiary/aromatic N) is 3. The summed E-state index contributed by atoms with van der Waals surface area (Å²) in [5, 5.41) is 6.80. The van der Waals surface area contributed by atoms with E-state index in [1.165, 1.54) is 19.3 Å². The molecule has 2 aliphatic rings. The number of benzene rings is 1. The molecule has 2 fully saturated rings. The van der Waals surface area contributed by atoms with Crippen molar-refractivity contribution in [1.29, 1.82) is 0 Å². The number of hydrogen-bond acceptors (Lipinski definition) is 4. The predicted octanol–water partition coefficient (Wildman–Crippen LogP) is 4.20. The summed E-state index contributed by atoms with van der Waals surface area (Å²) in [5.41, 5.74) is 1.74. The van der Waals surface area contributed by atoms with Gasteiger partial charge in [-0.15, -0.1) is 24.0 Å². The molecular formula is C24H34IN5O2. The number of guanidine groups is 1. The van der Waals surface area contributed by atoms with E-state index in [9.17, 15) is 4.79 Å². The average Bonchev–Trinajstić information content (AvgIpc) is 3.48. The second kappa shape index (κ2) is 12.2. The first-order valence-corrected chi connectivity index (χ1v) is 11.6. The Bertz CT molecular complexity index is 880. The number of amides is 1. The molecule has 1 amide bonds. The van der Waals surface area contributed by atoms with E-state index in [-0.39, 0.29) is 35.9 Å². The lowest BCUT2D eigenvalue weighted by atomic mass is 9.88. The molecule has 0 radical (unpaired) electrons. The van der Waals surface area contributed by atoms with Gasteiger partial charge in [-0.1, -0.05) is 37.5 Å². The molecule has 2 heterocycles. The first kappa shape index (κ1) is 24.5. The van der Waals surface area contributed by atoms with Crippen LogP contribution in [0.2, 0.25) is 0 Å². The third-order valence-electron chi connectivity index (χ3n) is 6.11. The van der Waals surface area contributed by atoms with Gasteiger partial charge in [0.25, 0.3) is 0 Å². The van der Waals surface area contributed by atoms with E-state index >= 15 is 0 Å². The maximum Gasteiger partial charge on any atom is 0.226 e. The van der Waals surface area contributed by atoms with Gasteiger partial charge in [0.2, 0.25) is 11.8 Å². The standard InChI is InChI=1S/C24H33N5O2.HI/c1-2-25-24(26-15-21-17-31-22(27-21)18-9-5-3-6-10-18)28-20-13-14-29(16-20)23(30)19-11-7-4-8-12-19;/h3,5-6,9-10,17,19-20H,2,4,7-8,11-16H2,1H3,(H2,25,26,28);1H. The van der Waals surface area contributed by atoms with Crippen molar-refractivity contribution in [3.8, 4) is 11.5 Å². The third kappa shape index (κ3) is 6.46. The van der Waals surface area contributed by atoms with Gasteiger partial charge in [0, 0.05) is 37.2 Å². The maximum atomic E-state index is 12.8. The van der Waals surface area contributed by atoms with Crippen LogP contribution in [-0.4, -0.2) is 47.4 Å². The fraction of sp³-hybridized carbons (Fsp3) is 0.542. The van der Waals surface area contributed by atoms with Crippen LogP contribution < -0.4 is 10.6 Å². The van der Waals surface area contributed by atoms with Crippen molar-refractivity contribution in [2.75, 3.05) is 19.6 Å². The predicted molar refractivity (Wildman–Crippen MR) is 137 cm³/mol. The highest BCUT2D eigenvalue weighted by molar-refractivity contribution is 14.0. The van der Waals surface area contributed by atoms with Crippen LogP contribution >= 0.6 is 24.0 Å². The molecule has 1 aliphatic heterocycles. The minimum absolute atomic E-state index is 0. The van der Waals surface area contributed by atoms with Crippen molar-refractivity contribution in [2.24, 2.45) is 10.9 Å². The Morgan fingerprint density at radius 1 is 1.19 bits per heavy atom. The smallest absolute Gasteiger partial charge is 0.226 e. The Morgan fingerprint density at radius 2 is 1.97 bits per heavy atom. The Kier molecular flexibility index (Phi) is 9.37. The molecule has 1 aliphatic carbocycles. The van der Waals surface area contributed by atoms with Gasteiger partial charge in [-0.2, -0.15) is 0 Å². The Hall–Kier alpha value is -2.10. The number of rotatable bonds is 6. The number of aromatic nitrogens is 1. The van der Waals surface area contributed by atoms with Crippen LogP contribution in [-0.2, 0) is 11.3 Å². The molecule has 174 valence electrons. The van der Waals surface area contributed by atoms with E-state index in [1.807, 2.05) is 42.2 Å². The largest absolute Gasteiger partial charge is 0.444 e. The van der Waals surface area contributed by atoms with E-state index in [2.05, 4.69) is 20.6 Å². The minimum atomic E-state index is 0. The molecular weight excluding hydrogens is 517 g/mol. The molecule has 4 rings (SSSR count). The fourth-order valence-corrected chi connectivity index (χ4v) is 4.45. The molecule has 0 spiro atoms. The lowest BCUT2D eigenvalue weighted by Gasteiger charge is -2.26. The summed E-state index contributed by atoms with van der Waals surface area (Å²) in [7, 11) is 0. The van der Waals surface area contributed by atoms with Gasteiger partial charge in [0.15, 0.2) is 5.96 Å². The van der Waals surface area contributed by atoms with E-state index < -0.39 is 0 Å². The molecule has 1 saturated carbocycles. The van der Waals surface area contributed by atoms with Crippen molar-refractivity contribution >= 4 is 35.8 Å². The summed E-state index contributed by atoms with van der Waals surface area (Å²) in [4.78, 5) is 24.1. The molecule has 7 nitrogen and oxygen atoms in total. The summed E-state index contributed by atoms with van der Waals surface area (Å²) in [6, 6.07) is 10.1. The molecule has 0 bridgehead atoms. The minimum Gasteiger partial charge on any atom is -0.444 e. The van der Waals surface area contributed by atoms with Crippen molar-refractivity contribution in [1.82, 2.24) is 20.5 Å². The van der Waals surface area contributed by atoms with Gasteiger partial charge < -0.3 is 20.0 Å². The lowest BCUT2D eigenvalue weighted by Crippen LogP contribution is -2.45. The first-order valence-electron chi connectivity index (χ1n) is 11.6. The van der Waals surface area contributed by atoms with Crippen LogP contribution in [0.25, 0.3) is 11.5 Å². The molecule has 2 aromatic rings. The van der Waals surface area contributed by atoms with Crippen molar-refractivity contribution < 1.29 is 9.21 Å². The number of carbonyl (C=O) groups excluding carboxylic acids is 1. The normalized spacial score (nSPS) is 19.5. The molecule has 1 unspecified atom stereocenters. The second-order valence-electron chi connectivity index (χ2n) is 8.45. The van der Waals surface area contributed by atoms with Crippen LogP contribution in [0.3, 0.4) is 0 Å². The molecule has 2 N–H and O–H groups in total. The summed E-state index contributed by atoms with van der Waals surface area (Å²) in [6.07, 6.45) is 8.38. The summed E-state index contributed by atoms with van der Waals surface area (Å²) in [6.45, 7) is 4.84. The van der Waals surface area contributed by atoms with E-state index in [0.717, 1.165) is 56.1 Å². The van der Waals surface area contributed by atoms with Crippen molar-refractivity contribution in [3.05, 3.63) is 42.3 Å². The van der Waals surface area contributed by atoms with Gasteiger partial charge in [-0.25, -0.2) is 9.98 Å². The number of likely N-dealkylation sites (tertiary alicyclic amines) is 1. The van der Waals surface area contributed by atoms with Crippen LogP contribution in [0.1, 0.15) is 51.1 Å². The number of oxazole rings is 1. The molecule has 8 heteroatoms. The summed E-state index contributed by atoms with van der Waals surface area (Å²) < 4.78 is 5.61. The Morgan fingerprint density at radius 3 is 2.72 bits per heavy atom. The topological polar surface area (TPSA) is 82.8 Å². The van der Waals surface area contributed by atoms with E-state index in [0.29, 0.717) is 18.3 Å². The number of carbonyl (C=O) groups is 1. The zero-order valence-electron chi connectivity index (χ0n) is 18.8. The number of hydrogen-bond donors (Lipinski definition) is 2. The molecule has 1 aromatic carbocycles. The monoisotopic (exact) mass is 551 g/mol. The SMILES string of the molecule is CCNC(=NCc1coc(-c2ccccc2)n1)NC1CCN(C(=O)C2CCCCC2)C1.I. The van der Waals surface area contributed by atoms with Crippen molar-refractivity contribution in [3.63, 3.8) is 0 Å². The van der Waals surface area contributed by atoms with E-state index in [4.69, 9.17) is 4.42 Å². The summed E-state index contributed by atoms with van der Waals surface area (Å²) in [5.74, 6) is 1.95. The highest BCUT2D eigenvalue weighted by Crippen LogP contribution is 2.26. The van der Waals surface area contributed by atoms with Crippen LogP contribution in [0.15, 0.2) is 46.0 Å². The zero-order chi connectivity index (χ0) is 21.5. The molecule has 32 heavy (non-hydrogen) atoms. The third-order valence-corrected chi connectivity index (χ3v) is 6.11. The molecule has 1 atom stereocenters. The first-order chi connectivity index (χ1) is 15.2. The van der Waals surface area contributed by atoms with Crippen LogP contribution in [0, 0.1) is 5.92 Å². The van der Waals surface area contributed by atoms with Gasteiger partial charge in [-0.05, 0) is 38.3 Å². The quantitative estimate of drug-likeness (QED) is 0.320. The maximum absolute atomic E-state index is 12.8. The summed E-state index contributed by atoms with van der Waals surface area (Å²) >= 11 is 0. The van der Waals surface area contributed by atoms with Crippen LogP contribution in [0.5, 0.6) is 0 Å². The van der Waals surface area contributed by atoms with Crippen LogP contribution in [0.4, 0.5) is 0 Å². The Labute approximate surface area is 207 Å². The number of nitrogens with one attached hydrogen (secondary N) is 2. The molecule has 1 saturated heterocycles. The molecule has 1 aromatic heterocycles. The number of halogens is 1. The van der Waals surface area contributed by atoms with Gasteiger partial charge in [0.1, 0.15) is 12.0 Å². The van der Waals surface area contributed by atoms with Gasteiger partial charge in [0.05, 0.1) is 6.54 Å². The fourth-order valence-electron chi connectivity index (χ4n) is 4.45. The lowest BCUT2D eigenvalue weighted by molar-refractivity contribution is -0.135. The highest BCUT2D eigenvalue weighted by Gasteiger charge is 2.31. The van der Waals surface area contributed by atoms with Gasteiger partial charge in [-0.3, -0.25) is 4.79 Å².